The number of pyridine rings is 1. The van der Waals surface area contributed by atoms with Crippen LogP contribution in [0.3, 0.4) is 0 Å². The van der Waals surface area contributed by atoms with Gasteiger partial charge in [0.2, 0.25) is 5.88 Å². The van der Waals surface area contributed by atoms with Crippen LogP contribution in [0.1, 0.15) is 0 Å². The molecule has 0 N–H and O–H groups in total. The van der Waals surface area contributed by atoms with Gasteiger partial charge in [-0.25, -0.2) is 4.98 Å². The van der Waals surface area contributed by atoms with Gasteiger partial charge in [0.05, 0.1) is 11.6 Å². The van der Waals surface area contributed by atoms with Crippen LogP contribution in [0.25, 0.3) is 11.0 Å². The Morgan fingerprint density at radius 3 is 2.77 bits per heavy atom. The van der Waals surface area contributed by atoms with Gasteiger partial charge in [-0.1, -0.05) is 0 Å². The lowest BCUT2D eigenvalue weighted by molar-refractivity contribution is 0.402. The highest BCUT2D eigenvalue weighted by Gasteiger charge is 2.11. The summed E-state index contributed by atoms with van der Waals surface area (Å²) in [5.41, 5.74) is 1.42. The lowest BCUT2D eigenvalue weighted by Crippen LogP contribution is -1.91. The van der Waals surface area contributed by atoms with E-state index in [1.165, 1.54) is 4.80 Å². The van der Waals surface area contributed by atoms with E-state index in [0.717, 1.165) is 9.99 Å². The first-order valence-corrected chi connectivity index (χ1v) is 4.41. The summed E-state index contributed by atoms with van der Waals surface area (Å²) in [5.74, 6) is 0.492. The second-order valence-electron chi connectivity index (χ2n) is 2.50. The van der Waals surface area contributed by atoms with Crippen LogP contribution in [-0.2, 0) is 7.05 Å². The monoisotopic (exact) mass is 242 g/mol. The maximum absolute atomic E-state index is 5.05. The van der Waals surface area contributed by atoms with Gasteiger partial charge in [0.1, 0.15) is 5.52 Å². The smallest absolute Gasteiger partial charge is 0.244 e. The number of halogens is 1. The molecule has 6 heteroatoms. The molecular weight excluding hydrogens is 236 g/mol. The third kappa shape index (κ3) is 1.27. The molecule has 2 heterocycles. The van der Waals surface area contributed by atoms with Gasteiger partial charge in [0.15, 0.2) is 5.52 Å². The van der Waals surface area contributed by atoms with Crippen LogP contribution in [0.5, 0.6) is 5.88 Å². The Kier molecular flexibility index (Phi) is 1.91. The van der Waals surface area contributed by atoms with Crippen LogP contribution < -0.4 is 4.74 Å². The van der Waals surface area contributed by atoms with E-state index in [2.05, 4.69) is 31.1 Å². The van der Waals surface area contributed by atoms with E-state index < -0.39 is 0 Å². The molecule has 0 aliphatic carbocycles. The van der Waals surface area contributed by atoms with E-state index in [0.29, 0.717) is 11.4 Å². The molecule has 0 aliphatic rings. The first-order chi connectivity index (χ1) is 6.22. The molecule has 0 saturated heterocycles. The molecule has 68 valence electrons. The van der Waals surface area contributed by atoms with Crippen molar-refractivity contribution in [2.24, 2.45) is 7.05 Å². The summed E-state index contributed by atoms with van der Waals surface area (Å²) in [6.45, 7) is 0. The van der Waals surface area contributed by atoms with Crippen molar-refractivity contribution in [2.75, 3.05) is 7.11 Å². The SMILES string of the molecule is COc1ncc(Br)c2nn(C)nc12. The third-order valence-electron chi connectivity index (χ3n) is 1.63. The molecule has 2 aromatic heterocycles. The zero-order valence-corrected chi connectivity index (χ0v) is 8.74. The van der Waals surface area contributed by atoms with Gasteiger partial charge in [0, 0.05) is 13.2 Å². The first kappa shape index (κ1) is 8.43. The van der Waals surface area contributed by atoms with Crippen LogP contribution in [0.15, 0.2) is 10.7 Å². The van der Waals surface area contributed by atoms with E-state index in [9.17, 15) is 0 Å². The topological polar surface area (TPSA) is 52.8 Å². The van der Waals surface area contributed by atoms with Gasteiger partial charge in [-0.3, -0.25) is 0 Å². The van der Waals surface area contributed by atoms with Gasteiger partial charge in [-0.2, -0.15) is 9.90 Å². The summed E-state index contributed by atoms with van der Waals surface area (Å²) >= 11 is 3.34. The number of aryl methyl sites for hydroxylation is 1. The Bertz CT molecular complexity index is 453. The highest BCUT2D eigenvalue weighted by Crippen LogP contribution is 2.25. The lowest BCUT2D eigenvalue weighted by atomic mass is 10.4. The van der Waals surface area contributed by atoms with Gasteiger partial charge >= 0.3 is 0 Å². The van der Waals surface area contributed by atoms with Crippen molar-refractivity contribution in [1.29, 1.82) is 0 Å². The van der Waals surface area contributed by atoms with Crippen molar-refractivity contribution in [2.45, 2.75) is 0 Å². The van der Waals surface area contributed by atoms with Crippen molar-refractivity contribution in [3.63, 3.8) is 0 Å². The minimum absolute atomic E-state index is 0.492. The second kappa shape index (κ2) is 2.95. The average Bonchev–Trinajstić information content (AvgIpc) is 2.48. The van der Waals surface area contributed by atoms with Crippen LogP contribution in [-0.4, -0.2) is 27.1 Å². The molecule has 0 aromatic carbocycles. The Hall–Kier alpha value is -1.17. The largest absolute Gasteiger partial charge is 0.479 e. The summed E-state index contributed by atoms with van der Waals surface area (Å²) in [5, 5.41) is 8.29. The highest BCUT2D eigenvalue weighted by molar-refractivity contribution is 9.10. The minimum Gasteiger partial charge on any atom is -0.479 e. The van der Waals surface area contributed by atoms with Crippen LogP contribution in [0, 0.1) is 0 Å². The number of fused-ring (bicyclic) bond motifs is 1. The number of ether oxygens (including phenoxy) is 1. The summed E-state index contributed by atoms with van der Waals surface area (Å²) in [6, 6.07) is 0. The average molecular weight is 243 g/mol. The zero-order valence-electron chi connectivity index (χ0n) is 7.15. The molecule has 0 spiro atoms. The quantitative estimate of drug-likeness (QED) is 0.753. The Labute approximate surface area is 82.8 Å². The van der Waals surface area contributed by atoms with E-state index in [-0.39, 0.29) is 0 Å². The van der Waals surface area contributed by atoms with Crippen LogP contribution in [0.4, 0.5) is 0 Å². The molecule has 5 nitrogen and oxygen atoms in total. The zero-order chi connectivity index (χ0) is 9.42. The Morgan fingerprint density at radius 2 is 2.08 bits per heavy atom. The fraction of sp³-hybridized carbons (Fsp3) is 0.286. The molecule has 0 atom stereocenters. The maximum atomic E-state index is 5.05. The number of hydrogen-bond donors (Lipinski definition) is 0. The second-order valence-corrected chi connectivity index (χ2v) is 3.36. The van der Waals surface area contributed by atoms with E-state index >= 15 is 0 Å². The number of aromatic nitrogens is 4. The van der Waals surface area contributed by atoms with Crippen molar-refractivity contribution < 1.29 is 4.74 Å². The normalized spacial score (nSPS) is 10.7. The molecule has 0 fully saturated rings. The first-order valence-electron chi connectivity index (χ1n) is 3.62. The summed E-state index contributed by atoms with van der Waals surface area (Å²) in [7, 11) is 3.32. The number of methoxy groups -OCH3 is 1. The predicted octanol–water partition coefficient (Wildman–Crippen LogP) is 1.13. The molecule has 0 saturated carbocycles. The van der Waals surface area contributed by atoms with Crippen LogP contribution >= 0.6 is 15.9 Å². The van der Waals surface area contributed by atoms with Gasteiger partial charge in [0.25, 0.3) is 0 Å². The molecule has 0 unspecified atom stereocenters. The highest BCUT2D eigenvalue weighted by atomic mass is 79.9. The molecular formula is C7H7BrN4O. The molecule has 2 rings (SSSR count). The summed E-state index contributed by atoms with van der Waals surface area (Å²) in [4.78, 5) is 5.54. The van der Waals surface area contributed by atoms with Crippen molar-refractivity contribution >= 4 is 27.0 Å². The standard InChI is InChI=1S/C7H7BrN4O/c1-12-10-5-4(8)3-9-7(13-2)6(5)11-12/h3H,1-2H3. The maximum Gasteiger partial charge on any atom is 0.244 e. The molecule has 0 radical (unpaired) electrons. The van der Waals surface area contributed by atoms with Crippen LogP contribution in [0.2, 0.25) is 0 Å². The predicted molar refractivity (Wildman–Crippen MR) is 50.6 cm³/mol. The molecule has 0 bridgehead atoms. The minimum atomic E-state index is 0.492. The van der Waals surface area contributed by atoms with E-state index in [1.54, 1.807) is 20.4 Å². The van der Waals surface area contributed by atoms with Gasteiger partial charge in [-0.15, -0.1) is 5.10 Å². The fourth-order valence-electron chi connectivity index (χ4n) is 1.10. The van der Waals surface area contributed by atoms with Gasteiger partial charge < -0.3 is 4.74 Å². The van der Waals surface area contributed by atoms with Gasteiger partial charge in [-0.05, 0) is 15.9 Å². The van der Waals surface area contributed by atoms with Crippen molar-refractivity contribution in [1.82, 2.24) is 20.0 Å². The van der Waals surface area contributed by atoms with Crippen molar-refractivity contribution in [3.05, 3.63) is 10.7 Å². The molecule has 2 aromatic rings. The Balaban J connectivity index is 2.83. The Morgan fingerprint density at radius 1 is 1.38 bits per heavy atom. The number of nitrogens with zero attached hydrogens (tertiary/aromatic N) is 4. The lowest BCUT2D eigenvalue weighted by Gasteiger charge is -1.97. The van der Waals surface area contributed by atoms with E-state index in [1.807, 2.05) is 0 Å². The summed E-state index contributed by atoms with van der Waals surface area (Å²) < 4.78 is 5.86. The molecule has 0 amide bonds. The fourth-order valence-corrected chi connectivity index (χ4v) is 1.47. The number of hydrogen-bond acceptors (Lipinski definition) is 4. The molecule has 13 heavy (non-hydrogen) atoms. The molecule has 0 aliphatic heterocycles. The van der Waals surface area contributed by atoms with Crippen molar-refractivity contribution in [3.8, 4) is 5.88 Å². The van der Waals surface area contributed by atoms with E-state index in [4.69, 9.17) is 4.74 Å². The summed E-state index contributed by atoms with van der Waals surface area (Å²) in [6.07, 6.45) is 1.65. The third-order valence-corrected chi connectivity index (χ3v) is 2.21. The number of rotatable bonds is 1.